The van der Waals surface area contributed by atoms with Gasteiger partial charge in [0.15, 0.2) is 0 Å². The lowest BCUT2D eigenvalue weighted by Crippen LogP contribution is -2.36. The quantitative estimate of drug-likeness (QED) is 0.529. The number of carbonyl (C=O) groups is 1. The first-order valence-corrected chi connectivity index (χ1v) is 10.7. The van der Waals surface area contributed by atoms with Crippen molar-refractivity contribution in [3.05, 3.63) is 69.1 Å². The van der Waals surface area contributed by atoms with Crippen molar-refractivity contribution in [3.63, 3.8) is 0 Å². The van der Waals surface area contributed by atoms with Crippen LogP contribution in [-0.4, -0.2) is 20.1 Å². The van der Waals surface area contributed by atoms with Crippen molar-refractivity contribution in [2.24, 2.45) is 0 Å². The van der Waals surface area contributed by atoms with Crippen molar-refractivity contribution in [2.45, 2.75) is 46.2 Å². The summed E-state index contributed by atoms with van der Waals surface area (Å²) in [6, 6.07) is 13.7. The predicted molar refractivity (Wildman–Crippen MR) is 117 cm³/mol. The zero-order valence-electron chi connectivity index (χ0n) is 16.8. The molecule has 1 atom stereocenters. The molecule has 0 saturated carbocycles. The molecule has 7 heteroatoms. The third kappa shape index (κ3) is 3.58. The highest BCUT2D eigenvalue weighted by atomic mass is 32.1. The fourth-order valence-electron chi connectivity index (χ4n) is 3.60. The number of thiophene rings is 1. The van der Waals surface area contributed by atoms with Gasteiger partial charge in [-0.25, -0.2) is 4.68 Å². The van der Waals surface area contributed by atoms with E-state index in [-0.39, 0.29) is 24.1 Å². The van der Waals surface area contributed by atoms with Crippen LogP contribution in [0.15, 0.2) is 47.3 Å². The Hall–Kier alpha value is -2.93. The van der Waals surface area contributed by atoms with E-state index in [0.717, 1.165) is 28.0 Å². The fourth-order valence-corrected chi connectivity index (χ4v) is 4.62. The van der Waals surface area contributed by atoms with Gasteiger partial charge in [-0.1, -0.05) is 44.2 Å². The molecule has 4 rings (SSSR count). The van der Waals surface area contributed by atoms with Gasteiger partial charge in [0, 0.05) is 11.3 Å². The van der Waals surface area contributed by atoms with Crippen LogP contribution in [-0.2, 0) is 24.2 Å². The first-order valence-electron chi connectivity index (χ1n) is 9.90. The molecule has 0 aliphatic heterocycles. The summed E-state index contributed by atoms with van der Waals surface area (Å²) < 4.78 is 4.30. The molecule has 0 fully saturated rings. The third-order valence-electron chi connectivity index (χ3n) is 5.12. The van der Waals surface area contributed by atoms with Gasteiger partial charge in [-0.2, -0.15) is 5.10 Å². The molecule has 0 spiro atoms. The molecule has 150 valence electrons. The Morgan fingerprint density at radius 2 is 1.90 bits per heavy atom. The van der Waals surface area contributed by atoms with E-state index in [1.54, 1.807) is 11.3 Å². The number of hydrogen-bond acceptors (Lipinski definition) is 4. The van der Waals surface area contributed by atoms with Crippen LogP contribution >= 0.6 is 11.3 Å². The number of nitrogens with one attached hydrogen (secondary N) is 1. The molecule has 3 aromatic heterocycles. The van der Waals surface area contributed by atoms with Crippen LogP contribution in [0, 0.1) is 0 Å². The molecule has 29 heavy (non-hydrogen) atoms. The Balaban J connectivity index is 1.66. The second-order valence-electron chi connectivity index (χ2n) is 7.11. The molecule has 1 amide bonds. The number of benzene rings is 1. The summed E-state index contributed by atoms with van der Waals surface area (Å²) in [6.45, 7) is 5.96. The maximum absolute atomic E-state index is 13.0. The maximum Gasteiger partial charge on any atom is 0.291 e. The van der Waals surface area contributed by atoms with Gasteiger partial charge in [0.1, 0.15) is 17.9 Å². The predicted octanol–water partition coefficient (Wildman–Crippen LogP) is 3.71. The molecule has 4 aromatic rings. The van der Waals surface area contributed by atoms with Crippen LogP contribution in [0.3, 0.4) is 0 Å². The fraction of sp³-hybridized carbons (Fsp3) is 0.318. The van der Waals surface area contributed by atoms with Gasteiger partial charge in [0.2, 0.25) is 5.91 Å². The lowest BCUT2D eigenvalue weighted by Gasteiger charge is -2.15. The van der Waals surface area contributed by atoms with Gasteiger partial charge in [-0.15, -0.1) is 11.3 Å². The molecule has 1 aromatic carbocycles. The molecule has 3 heterocycles. The summed E-state index contributed by atoms with van der Waals surface area (Å²) in [7, 11) is 0. The minimum atomic E-state index is -0.244. The highest BCUT2D eigenvalue weighted by molar-refractivity contribution is 7.19. The largest absolute Gasteiger partial charge is 0.348 e. The highest BCUT2D eigenvalue weighted by Gasteiger charge is 2.17. The molecule has 0 saturated heterocycles. The SMILES string of the molecule is CCc1cc2c(cc3c(=O)n(CC(=O)N[C@@H](C)c4ccccc4)nc(CC)n32)s1. The van der Waals surface area contributed by atoms with E-state index in [0.29, 0.717) is 11.9 Å². The van der Waals surface area contributed by atoms with Crippen LogP contribution in [0.1, 0.15) is 43.1 Å². The first kappa shape index (κ1) is 19.4. The van der Waals surface area contributed by atoms with Crippen LogP contribution in [0.25, 0.3) is 15.7 Å². The Kier molecular flexibility index (Phi) is 5.24. The maximum atomic E-state index is 13.0. The van der Waals surface area contributed by atoms with Crippen molar-refractivity contribution in [3.8, 4) is 0 Å². The minimum Gasteiger partial charge on any atom is -0.348 e. The Morgan fingerprint density at radius 1 is 1.14 bits per heavy atom. The summed E-state index contributed by atoms with van der Waals surface area (Å²) in [5.41, 5.74) is 2.37. The van der Waals surface area contributed by atoms with Gasteiger partial charge < -0.3 is 5.32 Å². The molecule has 1 N–H and O–H groups in total. The molecular weight excluding hydrogens is 384 g/mol. The molecule has 0 aliphatic rings. The second kappa shape index (κ2) is 7.83. The third-order valence-corrected chi connectivity index (χ3v) is 6.34. The van der Waals surface area contributed by atoms with Crippen molar-refractivity contribution in [2.75, 3.05) is 0 Å². The van der Waals surface area contributed by atoms with E-state index in [9.17, 15) is 9.59 Å². The average molecular weight is 409 g/mol. The van der Waals surface area contributed by atoms with Crippen molar-refractivity contribution >= 4 is 33.0 Å². The lowest BCUT2D eigenvalue weighted by atomic mass is 10.1. The molecular formula is C22H24N4O2S. The van der Waals surface area contributed by atoms with E-state index >= 15 is 0 Å². The van der Waals surface area contributed by atoms with Gasteiger partial charge >= 0.3 is 0 Å². The number of amides is 1. The van der Waals surface area contributed by atoms with Gasteiger partial charge in [0.05, 0.1) is 16.3 Å². The number of aryl methyl sites for hydroxylation is 2. The molecule has 0 unspecified atom stereocenters. The van der Waals surface area contributed by atoms with Crippen molar-refractivity contribution in [1.29, 1.82) is 0 Å². The van der Waals surface area contributed by atoms with Crippen LogP contribution in [0.5, 0.6) is 0 Å². The standard InChI is InChI=1S/C22H24N4O2S/c1-4-16-11-17-19(29-16)12-18-22(28)25(24-20(5-2)26(17)18)13-21(27)23-14(3)15-9-7-6-8-10-15/h6-12,14H,4-5,13H2,1-3H3,(H,23,27)/t14-/m0/s1. The summed E-state index contributed by atoms with van der Waals surface area (Å²) >= 11 is 1.70. The number of hydrogen-bond donors (Lipinski definition) is 1. The molecule has 0 aliphatic carbocycles. The van der Waals surface area contributed by atoms with Gasteiger partial charge in [-0.3, -0.25) is 14.0 Å². The van der Waals surface area contributed by atoms with Crippen molar-refractivity contribution in [1.82, 2.24) is 19.5 Å². The monoisotopic (exact) mass is 408 g/mol. The molecule has 0 bridgehead atoms. The van der Waals surface area contributed by atoms with Gasteiger partial charge in [-0.05, 0) is 31.0 Å². The average Bonchev–Trinajstić information content (AvgIpc) is 3.28. The second-order valence-corrected chi connectivity index (χ2v) is 8.28. The molecule has 0 radical (unpaired) electrons. The number of fused-ring (bicyclic) bond motifs is 3. The van der Waals surface area contributed by atoms with E-state index in [1.807, 2.05) is 54.6 Å². The topological polar surface area (TPSA) is 68.4 Å². The summed E-state index contributed by atoms with van der Waals surface area (Å²) in [4.78, 5) is 26.9. The van der Waals surface area contributed by atoms with E-state index in [1.165, 1.54) is 9.56 Å². The van der Waals surface area contributed by atoms with Crippen LogP contribution in [0.2, 0.25) is 0 Å². The summed E-state index contributed by atoms with van der Waals surface area (Å²) in [5, 5.41) is 7.46. The van der Waals surface area contributed by atoms with Crippen LogP contribution in [0.4, 0.5) is 0 Å². The minimum absolute atomic E-state index is 0.0987. The Bertz CT molecular complexity index is 1240. The first-order chi connectivity index (χ1) is 14.0. The number of rotatable bonds is 6. The van der Waals surface area contributed by atoms with E-state index in [4.69, 9.17) is 0 Å². The van der Waals surface area contributed by atoms with Crippen LogP contribution < -0.4 is 10.9 Å². The zero-order valence-corrected chi connectivity index (χ0v) is 17.6. The van der Waals surface area contributed by atoms with Crippen molar-refractivity contribution < 1.29 is 4.79 Å². The van der Waals surface area contributed by atoms with Gasteiger partial charge in [0.25, 0.3) is 5.56 Å². The number of aromatic nitrogens is 3. The Labute approximate surface area is 172 Å². The zero-order chi connectivity index (χ0) is 20.5. The number of nitrogens with zero attached hydrogens (tertiary/aromatic N) is 3. The highest BCUT2D eigenvalue weighted by Crippen LogP contribution is 2.29. The van der Waals surface area contributed by atoms with E-state index < -0.39 is 0 Å². The summed E-state index contributed by atoms with van der Waals surface area (Å²) in [6.07, 6.45) is 1.63. The Morgan fingerprint density at radius 3 is 2.59 bits per heavy atom. The molecule has 6 nitrogen and oxygen atoms in total. The normalized spacial score (nSPS) is 12.5. The summed E-state index contributed by atoms with van der Waals surface area (Å²) in [5.74, 6) is 0.544. The number of carbonyl (C=O) groups excluding carboxylic acids is 1. The lowest BCUT2D eigenvalue weighted by molar-refractivity contribution is -0.122. The van der Waals surface area contributed by atoms with E-state index in [2.05, 4.69) is 23.4 Å². The smallest absolute Gasteiger partial charge is 0.291 e.